The molecule has 0 aliphatic heterocycles. The van der Waals surface area contributed by atoms with Crippen LogP contribution in [0, 0.1) is 5.82 Å². The number of halogens is 1. The fourth-order valence-electron chi connectivity index (χ4n) is 2.77. The van der Waals surface area contributed by atoms with Crippen LogP contribution in [-0.4, -0.2) is 25.8 Å². The molecule has 1 aliphatic rings. The summed E-state index contributed by atoms with van der Waals surface area (Å²) in [5.41, 5.74) is 1.96. The molecule has 26 heavy (non-hydrogen) atoms. The molecule has 134 valence electrons. The summed E-state index contributed by atoms with van der Waals surface area (Å²) in [5, 5.41) is 11.1. The first kappa shape index (κ1) is 16.4. The molecule has 0 radical (unpaired) electrons. The number of benzene rings is 1. The molecule has 8 heteroatoms. The topological polar surface area (TPSA) is 85.8 Å². The summed E-state index contributed by atoms with van der Waals surface area (Å²) in [5.74, 6) is 0.368. The van der Waals surface area contributed by atoms with Crippen LogP contribution >= 0.6 is 0 Å². The molecule has 7 nitrogen and oxygen atoms in total. The van der Waals surface area contributed by atoms with Gasteiger partial charge in [-0.15, -0.1) is 0 Å². The van der Waals surface area contributed by atoms with Crippen LogP contribution in [0.1, 0.15) is 53.8 Å². The first-order valence-electron chi connectivity index (χ1n) is 8.45. The van der Waals surface area contributed by atoms with E-state index in [2.05, 4.69) is 20.6 Å². The lowest BCUT2D eigenvalue weighted by molar-refractivity contribution is 0.0923. The van der Waals surface area contributed by atoms with Crippen LogP contribution in [0.15, 0.2) is 34.9 Å². The Morgan fingerprint density at radius 1 is 1.38 bits per heavy atom. The number of aryl methyl sites for hydroxylation is 1. The SMILES string of the molecule is C[C@H](NC(=O)c1cc(C2CC2)nn1C)c1nc(-c2cccc(F)c2)no1. The number of hydrogen-bond acceptors (Lipinski definition) is 5. The Morgan fingerprint density at radius 2 is 2.19 bits per heavy atom. The van der Waals surface area contributed by atoms with E-state index in [4.69, 9.17) is 4.52 Å². The fourth-order valence-corrected chi connectivity index (χ4v) is 2.77. The zero-order valence-electron chi connectivity index (χ0n) is 14.4. The van der Waals surface area contributed by atoms with E-state index < -0.39 is 6.04 Å². The predicted octanol–water partition coefficient (Wildman–Crippen LogP) is 2.98. The van der Waals surface area contributed by atoms with Crippen molar-refractivity contribution in [2.75, 3.05) is 0 Å². The Hall–Kier alpha value is -3.03. The maximum Gasteiger partial charge on any atom is 0.270 e. The third kappa shape index (κ3) is 3.22. The average Bonchev–Trinajstić information content (AvgIpc) is 3.20. The molecule has 1 atom stereocenters. The molecule has 0 unspecified atom stereocenters. The average molecular weight is 355 g/mol. The van der Waals surface area contributed by atoms with E-state index in [-0.39, 0.29) is 23.4 Å². The van der Waals surface area contributed by atoms with Crippen molar-refractivity contribution in [1.29, 1.82) is 0 Å². The third-order valence-electron chi connectivity index (χ3n) is 4.37. The van der Waals surface area contributed by atoms with Gasteiger partial charge in [0.2, 0.25) is 11.7 Å². The second-order valence-corrected chi connectivity index (χ2v) is 6.51. The highest BCUT2D eigenvalue weighted by molar-refractivity contribution is 5.92. The first-order valence-corrected chi connectivity index (χ1v) is 8.45. The van der Waals surface area contributed by atoms with Crippen molar-refractivity contribution in [3.63, 3.8) is 0 Å². The van der Waals surface area contributed by atoms with Gasteiger partial charge in [-0.2, -0.15) is 10.1 Å². The molecule has 1 amide bonds. The van der Waals surface area contributed by atoms with E-state index >= 15 is 0 Å². The third-order valence-corrected chi connectivity index (χ3v) is 4.37. The molecule has 0 spiro atoms. The quantitative estimate of drug-likeness (QED) is 0.760. The first-order chi connectivity index (χ1) is 12.5. The summed E-state index contributed by atoms with van der Waals surface area (Å²) >= 11 is 0. The van der Waals surface area contributed by atoms with E-state index in [1.54, 1.807) is 30.8 Å². The zero-order chi connectivity index (χ0) is 18.3. The van der Waals surface area contributed by atoms with Gasteiger partial charge >= 0.3 is 0 Å². The van der Waals surface area contributed by atoms with E-state index in [1.807, 2.05) is 6.07 Å². The van der Waals surface area contributed by atoms with Crippen LogP contribution in [-0.2, 0) is 7.05 Å². The van der Waals surface area contributed by atoms with Crippen LogP contribution in [0.4, 0.5) is 4.39 Å². The standard InChI is InChI=1S/C18H18FN5O2/c1-10(18-21-16(23-26-18)12-4-3-5-13(19)8-12)20-17(25)15-9-14(11-6-7-11)22-24(15)2/h3-5,8-11H,6-7H2,1-2H3,(H,20,25)/t10-/m0/s1. The van der Waals surface area contributed by atoms with Gasteiger partial charge in [-0.3, -0.25) is 9.48 Å². The Bertz CT molecular complexity index is 960. The molecule has 0 bridgehead atoms. The molecule has 2 heterocycles. The van der Waals surface area contributed by atoms with Crippen molar-refractivity contribution in [3.8, 4) is 11.4 Å². The van der Waals surface area contributed by atoms with Gasteiger partial charge in [-0.05, 0) is 38.0 Å². The summed E-state index contributed by atoms with van der Waals surface area (Å²) in [7, 11) is 1.75. The van der Waals surface area contributed by atoms with Crippen LogP contribution in [0.3, 0.4) is 0 Å². The minimum absolute atomic E-state index is 0.252. The van der Waals surface area contributed by atoms with Gasteiger partial charge in [0, 0.05) is 18.5 Å². The Balaban J connectivity index is 1.48. The molecule has 1 fully saturated rings. The van der Waals surface area contributed by atoms with Gasteiger partial charge in [-0.1, -0.05) is 17.3 Å². The number of amides is 1. The van der Waals surface area contributed by atoms with Crippen molar-refractivity contribution in [1.82, 2.24) is 25.2 Å². The lowest BCUT2D eigenvalue weighted by Crippen LogP contribution is -2.28. The second-order valence-electron chi connectivity index (χ2n) is 6.51. The van der Waals surface area contributed by atoms with Crippen molar-refractivity contribution in [2.24, 2.45) is 7.05 Å². The summed E-state index contributed by atoms with van der Waals surface area (Å²) in [6.07, 6.45) is 2.25. The number of rotatable bonds is 5. The number of nitrogens with zero attached hydrogens (tertiary/aromatic N) is 4. The minimum atomic E-state index is -0.489. The zero-order valence-corrected chi connectivity index (χ0v) is 14.4. The van der Waals surface area contributed by atoms with Gasteiger partial charge in [0.1, 0.15) is 17.6 Å². The Morgan fingerprint density at radius 3 is 2.92 bits per heavy atom. The van der Waals surface area contributed by atoms with Gasteiger partial charge in [0.15, 0.2) is 0 Å². The smallest absolute Gasteiger partial charge is 0.270 e. The minimum Gasteiger partial charge on any atom is -0.339 e. The second kappa shape index (κ2) is 6.36. The molecule has 1 aliphatic carbocycles. The van der Waals surface area contributed by atoms with Crippen molar-refractivity contribution < 1.29 is 13.7 Å². The molecule has 0 saturated heterocycles. The van der Waals surface area contributed by atoms with Crippen LogP contribution in [0.5, 0.6) is 0 Å². The number of hydrogen-bond donors (Lipinski definition) is 1. The highest BCUT2D eigenvalue weighted by atomic mass is 19.1. The summed E-state index contributed by atoms with van der Waals surface area (Å²) in [4.78, 5) is 16.8. The Kier molecular flexibility index (Phi) is 4.02. The monoisotopic (exact) mass is 355 g/mol. The van der Waals surface area contributed by atoms with Gasteiger partial charge < -0.3 is 9.84 Å². The predicted molar refractivity (Wildman–Crippen MR) is 90.8 cm³/mol. The molecule has 1 saturated carbocycles. The van der Waals surface area contributed by atoms with Crippen molar-refractivity contribution in [2.45, 2.75) is 31.7 Å². The summed E-state index contributed by atoms with van der Waals surface area (Å²) < 4.78 is 20.1. The van der Waals surface area contributed by atoms with Gasteiger partial charge in [0.05, 0.1) is 5.69 Å². The van der Waals surface area contributed by atoms with Gasteiger partial charge in [-0.25, -0.2) is 4.39 Å². The van der Waals surface area contributed by atoms with Crippen molar-refractivity contribution >= 4 is 5.91 Å². The molecule has 3 aromatic rings. The summed E-state index contributed by atoms with van der Waals surface area (Å²) in [6.45, 7) is 1.75. The molecular formula is C18H18FN5O2. The van der Waals surface area contributed by atoms with E-state index in [0.29, 0.717) is 17.2 Å². The lowest BCUT2D eigenvalue weighted by Gasteiger charge is -2.09. The highest BCUT2D eigenvalue weighted by Gasteiger charge is 2.28. The molecule has 1 aromatic carbocycles. The van der Waals surface area contributed by atoms with Crippen LogP contribution < -0.4 is 5.32 Å². The summed E-state index contributed by atoms with van der Waals surface area (Å²) in [6, 6.07) is 7.27. The van der Waals surface area contributed by atoms with Crippen molar-refractivity contribution in [3.05, 3.63) is 53.4 Å². The number of carbonyl (C=O) groups excluding carboxylic acids is 1. The molecule has 1 N–H and O–H groups in total. The molecule has 2 aromatic heterocycles. The molecular weight excluding hydrogens is 337 g/mol. The van der Waals surface area contributed by atoms with E-state index in [1.165, 1.54) is 12.1 Å². The molecule has 4 rings (SSSR count). The number of aromatic nitrogens is 4. The van der Waals surface area contributed by atoms with Crippen LogP contribution in [0.2, 0.25) is 0 Å². The maximum atomic E-state index is 13.3. The Labute approximate surface area is 149 Å². The van der Waals surface area contributed by atoms with E-state index in [9.17, 15) is 9.18 Å². The highest BCUT2D eigenvalue weighted by Crippen LogP contribution is 2.39. The van der Waals surface area contributed by atoms with Crippen LogP contribution in [0.25, 0.3) is 11.4 Å². The van der Waals surface area contributed by atoms with Gasteiger partial charge in [0.25, 0.3) is 5.91 Å². The van der Waals surface area contributed by atoms with E-state index in [0.717, 1.165) is 18.5 Å². The maximum absolute atomic E-state index is 13.3. The number of nitrogens with one attached hydrogen (secondary N) is 1. The number of carbonyl (C=O) groups is 1. The lowest BCUT2D eigenvalue weighted by atomic mass is 10.2. The normalized spacial score (nSPS) is 15.0. The fraction of sp³-hybridized carbons (Fsp3) is 0.333. The largest absolute Gasteiger partial charge is 0.339 e.